The Hall–Kier alpha value is 0.664. The normalized spacial score (nSPS) is 15.2. The average Bonchev–Trinajstić information content (AvgIpc) is 2.28. The monoisotopic (exact) mass is 311 g/mol. The third-order valence-corrected chi connectivity index (χ3v) is 15.7. The molecule has 0 N–H and O–H groups in total. The third-order valence-electron chi connectivity index (χ3n) is 3.14. The lowest BCUT2D eigenvalue weighted by Gasteiger charge is -2.27. The van der Waals surface area contributed by atoms with Gasteiger partial charge in [0.1, 0.15) is 4.75 Å². The van der Waals surface area contributed by atoms with Gasteiger partial charge in [-0.05, 0) is 40.3 Å². The lowest BCUT2D eigenvalue weighted by Crippen LogP contribution is -2.44. The second kappa shape index (κ2) is 8.06. The summed E-state index contributed by atoms with van der Waals surface area (Å²) in [6.07, 6.45) is 1.15. The Labute approximate surface area is 119 Å². The highest BCUT2D eigenvalue weighted by molar-refractivity contribution is 8.23. The van der Waals surface area contributed by atoms with E-state index in [-0.39, 0.29) is 0 Å². The van der Waals surface area contributed by atoms with Crippen LogP contribution in [0.3, 0.4) is 0 Å². The zero-order valence-corrected chi connectivity index (χ0v) is 16.3. The first-order chi connectivity index (χ1) is 8.22. The molecule has 0 aromatic heterocycles. The molecule has 0 aromatic rings. The van der Waals surface area contributed by atoms with Gasteiger partial charge in [-0.15, -0.1) is 0 Å². The lowest BCUT2D eigenvalue weighted by molar-refractivity contribution is 0.123. The van der Waals surface area contributed by atoms with Gasteiger partial charge in [-0.25, -0.2) is 0 Å². The van der Waals surface area contributed by atoms with E-state index in [4.69, 9.17) is 13.3 Å². The van der Waals surface area contributed by atoms with E-state index in [1.807, 2.05) is 0 Å². The lowest BCUT2D eigenvalue weighted by atomic mass is 10.3. The van der Waals surface area contributed by atoms with E-state index in [0.717, 1.165) is 12.5 Å². The minimum absolute atomic E-state index is 0.442. The molecule has 6 heteroatoms. The molecule has 0 aliphatic rings. The SMILES string of the molecule is CO[Si](CCC[S+]([SiH](C)C)C(C)(C)C)(OC)OC. The molecule has 0 fully saturated rings. The maximum Gasteiger partial charge on any atom is 0.500 e. The van der Waals surface area contributed by atoms with Crippen LogP contribution in [-0.2, 0) is 23.6 Å². The van der Waals surface area contributed by atoms with E-state index < -0.39 is 16.8 Å². The first-order valence-electron chi connectivity index (χ1n) is 6.57. The predicted molar refractivity (Wildman–Crippen MR) is 87.1 cm³/mol. The minimum atomic E-state index is -2.36. The van der Waals surface area contributed by atoms with Gasteiger partial charge in [-0.2, -0.15) is 0 Å². The standard InChI is InChI=1S/C12H31O3SSi2/c1-12(2,3)16(17(7)8)10-9-11-18(13-4,14-5)15-6/h17H,9-11H2,1-8H3/q+1. The van der Waals surface area contributed by atoms with E-state index in [0.29, 0.717) is 15.1 Å². The largest absolute Gasteiger partial charge is 0.500 e. The van der Waals surface area contributed by atoms with Crippen LogP contribution in [0.2, 0.25) is 19.1 Å². The molecular formula is C12H31O3SSi2+. The van der Waals surface area contributed by atoms with Crippen LogP contribution in [0.15, 0.2) is 0 Å². The van der Waals surface area contributed by atoms with Crippen LogP contribution in [0.25, 0.3) is 0 Å². The van der Waals surface area contributed by atoms with E-state index in [1.54, 1.807) is 21.3 Å². The van der Waals surface area contributed by atoms with E-state index in [9.17, 15) is 0 Å². The van der Waals surface area contributed by atoms with Crippen molar-refractivity contribution in [2.45, 2.75) is 51.1 Å². The molecule has 0 spiro atoms. The van der Waals surface area contributed by atoms with Gasteiger partial charge in [0.05, 0.1) is 5.75 Å². The molecule has 0 bridgehead atoms. The van der Waals surface area contributed by atoms with Crippen molar-refractivity contribution in [3.63, 3.8) is 0 Å². The third kappa shape index (κ3) is 5.75. The van der Waals surface area contributed by atoms with Crippen molar-refractivity contribution in [2.24, 2.45) is 0 Å². The number of rotatable bonds is 8. The summed E-state index contributed by atoms with van der Waals surface area (Å²) in [5, 5.41) is 0. The first kappa shape index (κ1) is 18.7. The highest BCUT2D eigenvalue weighted by atomic mass is 32.4. The summed E-state index contributed by atoms with van der Waals surface area (Å²) >= 11 is 0. The van der Waals surface area contributed by atoms with Crippen LogP contribution < -0.4 is 0 Å². The zero-order valence-electron chi connectivity index (χ0n) is 13.3. The topological polar surface area (TPSA) is 27.7 Å². The Kier molecular flexibility index (Phi) is 8.36. The molecule has 1 atom stereocenters. The van der Waals surface area contributed by atoms with Crippen molar-refractivity contribution in [1.29, 1.82) is 0 Å². The fourth-order valence-corrected chi connectivity index (χ4v) is 13.3. The van der Waals surface area contributed by atoms with Gasteiger partial charge in [0.15, 0.2) is 0 Å². The summed E-state index contributed by atoms with van der Waals surface area (Å²) < 4.78 is 16.9. The molecule has 0 heterocycles. The molecular weight excluding hydrogens is 280 g/mol. The van der Waals surface area contributed by atoms with Gasteiger partial charge in [0, 0.05) is 27.4 Å². The van der Waals surface area contributed by atoms with E-state index in [1.165, 1.54) is 5.75 Å². The van der Waals surface area contributed by atoms with Crippen LogP contribution in [0, 0.1) is 0 Å². The molecule has 0 saturated carbocycles. The van der Waals surface area contributed by atoms with Crippen LogP contribution in [0.5, 0.6) is 0 Å². The minimum Gasteiger partial charge on any atom is -0.377 e. The quantitative estimate of drug-likeness (QED) is 0.509. The molecule has 0 rings (SSSR count). The highest BCUT2D eigenvalue weighted by Gasteiger charge is 2.41. The molecule has 0 saturated heterocycles. The van der Waals surface area contributed by atoms with Crippen molar-refractivity contribution in [1.82, 2.24) is 0 Å². The number of hydrogen-bond donors (Lipinski definition) is 0. The second-order valence-corrected chi connectivity index (χ2v) is 17.9. The van der Waals surface area contributed by atoms with Gasteiger partial charge in [-0.1, -0.05) is 10.3 Å². The highest BCUT2D eigenvalue weighted by Crippen LogP contribution is 2.25. The number of hydrogen-bond acceptors (Lipinski definition) is 3. The van der Waals surface area contributed by atoms with Crippen molar-refractivity contribution < 1.29 is 13.3 Å². The summed E-state index contributed by atoms with van der Waals surface area (Å²) in [4.78, 5) is 0. The Bertz CT molecular complexity index is 220. The van der Waals surface area contributed by atoms with Crippen LogP contribution in [0.4, 0.5) is 0 Å². The van der Waals surface area contributed by atoms with Gasteiger partial charge < -0.3 is 13.3 Å². The maximum atomic E-state index is 5.47. The van der Waals surface area contributed by atoms with Crippen LogP contribution in [-0.4, -0.2) is 48.6 Å². The Morgan fingerprint density at radius 1 is 1.00 bits per heavy atom. The summed E-state index contributed by atoms with van der Waals surface area (Å²) in [7, 11) is 2.68. The summed E-state index contributed by atoms with van der Waals surface area (Å²) in [6, 6.07) is 0.928. The molecule has 18 heavy (non-hydrogen) atoms. The van der Waals surface area contributed by atoms with Gasteiger partial charge in [0.2, 0.25) is 0 Å². The predicted octanol–water partition coefficient (Wildman–Crippen LogP) is 2.65. The maximum absolute atomic E-state index is 5.47. The fraction of sp³-hybridized carbons (Fsp3) is 1.00. The Morgan fingerprint density at radius 3 is 1.72 bits per heavy atom. The summed E-state index contributed by atoms with van der Waals surface area (Å²) in [5.41, 5.74) is 0. The molecule has 110 valence electrons. The average molecular weight is 312 g/mol. The van der Waals surface area contributed by atoms with E-state index in [2.05, 4.69) is 33.9 Å². The Morgan fingerprint density at radius 2 is 1.44 bits per heavy atom. The molecule has 0 aromatic carbocycles. The van der Waals surface area contributed by atoms with E-state index >= 15 is 0 Å². The zero-order chi connectivity index (χ0) is 14.4. The van der Waals surface area contributed by atoms with Gasteiger partial charge in [0.25, 0.3) is 7.95 Å². The van der Waals surface area contributed by atoms with Crippen LogP contribution in [0.1, 0.15) is 27.2 Å². The van der Waals surface area contributed by atoms with Crippen molar-refractivity contribution in [2.75, 3.05) is 27.1 Å². The van der Waals surface area contributed by atoms with Crippen molar-refractivity contribution in [3.05, 3.63) is 0 Å². The molecule has 0 aliphatic heterocycles. The molecule has 0 amide bonds. The summed E-state index contributed by atoms with van der Waals surface area (Å²) in [6.45, 7) is 12.0. The molecule has 0 aliphatic carbocycles. The fourth-order valence-electron chi connectivity index (χ4n) is 2.25. The van der Waals surface area contributed by atoms with Crippen LogP contribution >= 0.6 is 0 Å². The smallest absolute Gasteiger partial charge is 0.377 e. The second-order valence-electron chi connectivity index (χ2n) is 5.69. The van der Waals surface area contributed by atoms with Gasteiger partial charge >= 0.3 is 8.80 Å². The molecule has 3 nitrogen and oxygen atoms in total. The van der Waals surface area contributed by atoms with Gasteiger partial charge in [-0.3, -0.25) is 0 Å². The van der Waals surface area contributed by atoms with Crippen molar-refractivity contribution >= 4 is 27.1 Å². The molecule has 0 radical (unpaired) electrons. The first-order valence-corrected chi connectivity index (χ1v) is 13.7. The summed E-state index contributed by atoms with van der Waals surface area (Å²) in [5.74, 6) is 1.29. The Balaban J connectivity index is 4.38. The van der Waals surface area contributed by atoms with Crippen molar-refractivity contribution in [3.8, 4) is 0 Å². The molecule has 1 unspecified atom stereocenters.